The molecule has 1 aliphatic carbocycles. The fourth-order valence-electron chi connectivity index (χ4n) is 8.48. The lowest BCUT2D eigenvalue weighted by Crippen LogP contribution is -2.67. The summed E-state index contributed by atoms with van der Waals surface area (Å²) in [5.74, 6) is -7.38. The quantitative estimate of drug-likeness (QED) is 0.0997. The summed E-state index contributed by atoms with van der Waals surface area (Å²) in [4.78, 5) is 37.0. The van der Waals surface area contributed by atoms with Crippen molar-refractivity contribution >= 4 is 35.6 Å². The minimum Gasteiger partial charge on any atom is -0.508 e. The van der Waals surface area contributed by atoms with Crippen molar-refractivity contribution in [3.05, 3.63) is 82.9 Å². The highest BCUT2D eigenvalue weighted by Gasteiger charge is 2.56. The number of rotatable bonds is 11. The lowest BCUT2D eigenvalue weighted by atomic mass is 9.69. The molecule has 1 amide bonds. The Bertz CT molecular complexity index is 2090. The molecule has 7 atom stereocenters. The number of benzene rings is 3. The Morgan fingerprint density at radius 3 is 2.39 bits per heavy atom. The second kappa shape index (κ2) is 15.3. The van der Waals surface area contributed by atoms with E-state index in [0.29, 0.717) is 41.9 Å². The molecule has 3 heterocycles. The number of carbonyl (C=O) groups excluding carboxylic acids is 1. The minimum absolute atomic E-state index is 0.0115. The number of aromatic hydroxyl groups is 3. The molecule has 296 valence electrons. The average molecular weight is 774 g/mol. The summed E-state index contributed by atoms with van der Waals surface area (Å²) in [5, 5.41) is 95.8. The van der Waals surface area contributed by atoms with Gasteiger partial charge in [-0.3, -0.25) is 19.7 Å². The van der Waals surface area contributed by atoms with Crippen LogP contribution in [0, 0.1) is 0 Å². The second-order valence-corrected chi connectivity index (χ2v) is 14.7. The van der Waals surface area contributed by atoms with Gasteiger partial charge >= 0.3 is 11.9 Å². The van der Waals surface area contributed by atoms with Crippen LogP contribution in [0.15, 0.2) is 70.7 Å². The molecule has 9 N–H and O–H groups in total. The third-order valence-corrected chi connectivity index (χ3v) is 11.2. The van der Waals surface area contributed by atoms with Crippen LogP contribution in [0.2, 0.25) is 0 Å². The van der Waals surface area contributed by atoms with E-state index in [0.717, 1.165) is 23.8 Å². The Balaban J connectivity index is 1.30. The Kier molecular flexibility index (Phi) is 10.6. The number of amides is 1. The predicted molar refractivity (Wildman–Crippen MR) is 200 cm³/mol. The molecule has 56 heavy (non-hydrogen) atoms. The van der Waals surface area contributed by atoms with Crippen molar-refractivity contribution in [3.63, 3.8) is 0 Å². The molecule has 2 fully saturated rings. The maximum Gasteiger partial charge on any atom is 0.355 e. The first-order chi connectivity index (χ1) is 26.7. The maximum atomic E-state index is 14.3. The van der Waals surface area contributed by atoms with Crippen molar-refractivity contribution in [2.24, 2.45) is 9.98 Å². The van der Waals surface area contributed by atoms with Gasteiger partial charge in [-0.15, -0.1) is 0 Å². The molecule has 16 nitrogen and oxygen atoms in total. The Morgan fingerprint density at radius 1 is 0.964 bits per heavy atom. The zero-order chi connectivity index (χ0) is 39.9. The topological polar surface area (TPSA) is 263 Å². The highest BCUT2D eigenvalue weighted by Crippen LogP contribution is 2.56. The highest BCUT2D eigenvalue weighted by atomic mass is 16.8. The first-order valence-corrected chi connectivity index (χ1v) is 18.2. The van der Waals surface area contributed by atoms with Gasteiger partial charge in [-0.2, -0.15) is 0 Å². The number of aliphatic hydroxyl groups excluding tert-OH is 4. The molecule has 4 aliphatic rings. The average Bonchev–Trinajstić information content (AvgIpc) is 3.94. The zero-order valence-corrected chi connectivity index (χ0v) is 30.0. The number of aliphatic imine (C=N–C) groups is 2. The van der Waals surface area contributed by atoms with E-state index in [1.54, 1.807) is 42.6 Å². The van der Waals surface area contributed by atoms with Gasteiger partial charge in [0.05, 0.1) is 18.0 Å². The van der Waals surface area contributed by atoms with E-state index in [1.165, 1.54) is 24.3 Å². The first-order valence-electron chi connectivity index (χ1n) is 18.2. The number of fused-ring (bicyclic) bond motifs is 1. The first kappa shape index (κ1) is 38.9. The van der Waals surface area contributed by atoms with Crippen LogP contribution in [0.1, 0.15) is 60.3 Å². The van der Waals surface area contributed by atoms with Crippen molar-refractivity contribution in [2.75, 3.05) is 18.2 Å². The third-order valence-electron chi connectivity index (χ3n) is 11.2. The van der Waals surface area contributed by atoms with E-state index in [-0.39, 0.29) is 35.6 Å². The van der Waals surface area contributed by atoms with E-state index in [1.807, 2.05) is 0 Å². The third kappa shape index (κ3) is 7.11. The van der Waals surface area contributed by atoms with Crippen LogP contribution in [-0.2, 0) is 26.2 Å². The number of carbonyl (C=O) groups is 2. The van der Waals surface area contributed by atoms with E-state index in [9.17, 15) is 55.5 Å². The number of carboxylic acids is 1. The number of anilines is 1. The number of para-hydroxylation sites is 1. The fraction of sp³-hybridized carbons (Fsp3) is 0.400. The summed E-state index contributed by atoms with van der Waals surface area (Å²) < 4.78 is 10.8. The Morgan fingerprint density at radius 2 is 1.71 bits per heavy atom. The number of hydrogen-bond donors (Lipinski definition) is 9. The normalized spacial score (nSPS) is 28.1. The van der Waals surface area contributed by atoms with Gasteiger partial charge in [-0.05, 0) is 66.1 Å². The summed E-state index contributed by atoms with van der Waals surface area (Å²) >= 11 is 0. The number of hydrogen-bond acceptors (Lipinski definition) is 14. The maximum absolute atomic E-state index is 14.3. The predicted octanol–water partition coefficient (Wildman–Crippen LogP) is 1.83. The smallest absolute Gasteiger partial charge is 0.355 e. The Labute approximate surface area is 320 Å². The monoisotopic (exact) mass is 773 g/mol. The molecule has 16 heteroatoms. The lowest BCUT2D eigenvalue weighted by Gasteiger charge is -2.44. The molecule has 0 aromatic heterocycles. The molecular weight excluding hydrogens is 730 g/mol. The molecule has 1 saturated heterocycles. The molecule has 0 radical (unpaired) electrons. The van der Waals surface area contributed by atoms with Crippen LogP contribution < -0.4 is 9.64 Å². The number of phenols is 3. The van der Waals surface area contributed by atoms with Gasteiger partial charge < -0.3 is 55.4 Å². The van der Waals surface area contributed by atoms with E-state index >= 15 is 0 Å². The highest BCUT2D eigenvalue weighted by molar-refractivity contribution is 6.32. The fourth-order valence-corrected chi connectivity index (χ4v) is 8.48. The second-order valence-electron chi connectivity index (χ2n) is 14.7. The lowest BCUT2D eigenvalue weighted by molar-refractivity contribution is -0.422. The molecule has 3 aliphatic heterocycles. The number of phenolic OH excluding ortho intramolecular Hbond substituents is 3. The molecule has 7 rings (SSSR count). The van der Waals surface area contributed by atoms with Crippen LogP contribution in [0.25, 0.3) is 6.08 Å². The van der Waals surface area contributed by atoms with Gasteiger partial charge in [0.15, 0.2) is 17.6 Å². The van der Waals surface area contributed by atoms with Crippen molar-refractivity contribution < 1.29 is 65.0 Å². The van der Waals surface area contributed by atoms with E-state index < -0.39 is 77.7 Å². The summed E-state index contributed by atoms with van der Waals surface area (Å²) in [6.07, 6.45) is -0.262. The van der Waals surface area contributed by atoms with E-state index in [2.05, 4.69) is 9.98 Å². The molecular formula is C40H43N3O13. The molecule has 0 spiro atoms. The zero-order valence-electron chi connectivity index (χ0n) is 30.0. The van der Waals surface area contributed by atoms with Gasteiger partial charge in [0.25, 0.3) is 5.91 Å². The van der Waals surface area contributed by atoms with Crippen molar-refractivity contribution in [1.82, 2.24) is 0 Å². The van der Waals surface area contributed by atoms with Gasteiger partial charge in [0.1, 0.15) is 42.5 Å². The van der Waals surface area contributed by atoms with Gasteiger partial charge in [-0.25, -0.2) is 4.79 Å². The van der Waals surface area contributed by atoms with Crippen molar-refractivity contribution in [2.45, 2.75) is 86.3 Å². The molecule has 3 aromatic rings. The van der Waals surface area contributed by atoms with Gasteiger partial charge in [0, 0.05) is 41.8 Å². The van der Waals surface area contributed by atoms with Crippen LogP contribution in [-0.4, -0.2) is 119 Å². The SMILES string of the molecule is O=C(O)[C@H]1[C@@H](CC2(c3ccccc3O)CCCC2)c2cc(O)c(O[C@]3(O)O[C@H](CO)[C@@H](O)[C@H](O)[C@H]3O)cc2N1C(=O)/C=C/c1ccc(O)c(CC2=NCN=C2)c1. The molecule has 0 bridgehead atoms. The van der Waals surface area contributed by atoms with Crippen LogP contribution in [0.5, 0.6) is 23.0 Å². The van der Waals surface area contributed by atoms with Gasteiger partial charge in [0.2, 0.25) is 0 Å². The van der Waals surface area contributed by atoms with Crippen LogP contribution >= 0.6 is 0 Å². The van der Waals surface area contributed by atoms with Crippen molar-refractivity contribution in [1.29, 1.82) is 0 Å². The van der Waals surface area contributed by atoms with Crippen LogP contribution in [0.4, 0.5) is 5.69 Å². The van der Waals surface area contributed by atoms with E-state index in [4.69, 9.17) is 9.47 Å². The molecule has 0 unspecified atom stereocenters. The largest absolute Gasteiger partial charge is 0.508 e. The summed E-state index contributed by atoms with van der Waals surface area (Å²) in [5.41, 5.74) is 1.87. The Hall–Kier alpha value is -5.36. The molecule has 1 saturated carbocycles. The summed E-state index contributed by atoms with van der Waals surface area (Å²) in [7, 11) is 0. The summed E-state index contributed by atoms with van der Waals surface area (Å²) in [6.45, 7) is -0.597. The molecule has 3 aromatic carbocycles. The number of nitrogens with zero attached hydrogens (tertiary/aromatic N) is 3. The summed E-state index contributed by atoms with van der Waals surface area (Å²) in [6, 6.07) is 12.3. The van der Waals surface area contributed by atoms with Crippen LogP contribution in [0.3, 0.4) is 0 Å². The standard InChI is InChI=1S/C40H43N3O13/c44-19-32-35(49)36(50)37(51)40(54,56-32)55-31-16-27-24(15-30(31)47)25(17-39(11-3-4-12-39)26-5-1-2-6-29(26)46)34(38(52)53)43(27)33(48)10-8-21-7-9-28(45)22(13-21)14-23-18-41-20-42-23/h1-2,5-10,13,15-16,18,25,32,34-37,44-47,49-51,54H,3-4,11-12,14,17,19-20H2,(H,52,53)/b10-8+/t25-,32+,34+,35+,36-,37+,40-/m0/s1. The number of carboxylic acid groups (broad SMARTS) is 1. The van der Waals surface area contributed by atoms with Crippen molar-refractivity contribution in [3.8, 4) is 23.0 Å². The minimum atomic E-state index is -3.12. The number of ether oxygens (including phenoxy) is 2. The van der Waals surface area contributed by atoms with Gasteiger partial charge in [-0.1, -0.05) is 37.1 Å². The number of aliphatic hydroxyl groups is 5. The number of aliphatic carboxylic acids is 1.